The van der Waals surface area contributed by atoms with Gasteiger partial charge < -0.3 is 19.9 Å². The van der Waals surface area contributed by atoms with Gasteiger partial charge >= 0.3 is 0 Å². The Hall–Kier alpha value is -1.84. The first-order valence-corrected chi connectivity index (χ1v) is 9.11. The van der Waals surface area contributed by atoms with Crippen molar-refractivity contribution in [3.63, 3.8) is 0 Å². The van der Waals surface area contributed by atoms with Crippen molar-refractivity contribution < 1.29 is 9.26 Å². The van der Waals surface area contributed by atoms with Crippen molar-refractivity contribution in [2.45, 2.75) is 45.7 Å². The molecule has 2 aromatic heterocycles. The van der Waals surface area contributed by atoms with Crippen LogP contribution in [-0.4, -0.2) is 29.8 Å². The number of ether oxygens (including phenoxy) is 1. The van der Waals surface area contributed by atoms with Gasteiger partial charge in [-0.15, -0.1) is 24.0 Å². The van der Waals surface area contributed by atoms with Crippen LogP contribution >= 0.6 is 24.0 Å². The van der Waals surface area contributed by atoms with Crippen LogP contribution in [0.4, 0.5) is 0 Å². The predicted octanol–water partition coefficient (Wildman–Crippen LogP) is 3.47. The maximum absolute atomic E-state index is 5.73. The summed E-state index contributed by atoms with van der Waals surface area (Å²) in [4.78, 5) is 8.50. The number of halogens is 1. The van der Waals surface area contributed by atoms with E-state index >= 15 is 0 Å². The zero-order valence-corrected chi connectivity index (χ0v) is 18.4. The summed E-state index contributed by atoms with van der Waals surface area (Å²) < 4.78 is 11.1. The van der Waals surface area contributed by atoms with Crippen LogP contribution in [0.1, 0.15) is 49.6 Å². The van der Waals surface area contributed by atoms with Crippen molar-refractivity contribution in [2.75, 3.05) is 13.7 Å². The predicted molar refractivity (Wildman–Crippen MR) is 116 cm³/mol. The van der Waals surface area contributed by atoms with Crippen molar-refractivity contribution in [1.29, 1.82) is 0 Å². The normalized spacial score (nSPS) is 14.0. The van der Waals surface area contributed by atoms with Crippen LogP contribution in [0, 0.1) is 5.92 Å². The Kier molecular flexibility index (Phi) is 8.33. The van der Waals surface area contributed by atoms with Crippen LogP contribution in [0.3, 0.4) is 0 Å². The van der Waals surface area contributed by atoms with E-state index in [1.807, 2.05) is 18.2 Å². The van der Waals surface area contributed by atoms with Gasteiger partial charge in [-0.2, -0.15) is 0 Å². The zero-order valence-electron chi connectivity index (χ0n) is 16.1. The Morgan fingerprint density at radius 2 is 2.07 bits per heavy atom. The van der Waals surface area contributed by atoms with Crippen molar-refractivity contribution in [2.24, 2.45) is 10.9 Å². The van der Waals surface area contributed by atoms with Gasteiger partial charge in [0.25, 0.3) is 0 Å². The minimum Gasteiger partial charge on any atom is -0.477 e. The van der Waals surface area contributed by atoms with Crippen molar-refractivity contribution in [3.05, 3.63) is 41.4 Å². The molecule has 0 aromatic carbocycles. The third kappa shape index (κ3) is 7.00. The molecule has 7 nitrogen and oxygen atoms in total. The molecule has 148 valence electrons. The van der Waals surface area contributed by atoms with E-state index in [2.05, 4.69) is 39.6 Å². The molecular weight excluding hydrogens is 457 g/mol. The highest BCUT2D eigenvalue weighted by Gasteiger charge is 2.22. The largest absolute Gasteiger partial charge is 0.477 e. The summed E-state index contributed by atoms with van der Waals surface area (Å²) in [6.45, 7) is 6.11. The van der Waals surface area contributed by atoms with E-state index in [1.54, 1.807) is 13.2 Å². The Balaban J connectivity index is 0.00000261. The zero-order chi connectivity index (χ0) is 18.4. The third-order valence-corrected chi connectivity index (χ3v) is 4.25. The van der Waals surface area contributed by atoms with Crippen LogP contribution in [0.25, 0.3) is 0 Å². The number of aliphatic imine (C=N–C) groups is 1. The number of hydrogen-bond donors (Lipinski definition) is 2. The molecule has 2 aromatic rings. The molecule has 1 saturated carbocycles. The Morgan fingerprint density at radius 1 is 1.30 bits per heavy atom. The second-order valence-corrected chi connectivity index (χ2v) is 6.91. The van der Waals surface area contributed by atoms with Crippen LogP contribution in [-0.2, 0) is 13.1 Å². The summed E-state index contributed by atoms with van der Waals surface area (Å²) in [6, 6.07) is 5.90. The molecule has 0 aliphatic heterocycles. The average Bonchev–Trinajstić information content (AvgIpc) is 3.36. The van der Waals surface area contributed by atoms with Gasteiger partial charge in [0.05, 0.1) is 18.8 Å². The summed E-state index contributed by atoms with van der Waals surface area (Å²) in [7, 11) is 1.74. The summed E-state index contributed by atoms with van der Waals surface area (Å²) in [5.41, 5.74) is 2.05. The van der Waals surface area contributed by atoms with Crippen LogP contribution in [0.5, 0.6) is 5.88 Å². The molecular formula is C19H28IN5O2. The maximum atomic E-state index is 5.73. The standard InChI is InChI=1S/C19H27N5O2.HI/c1-13(2)17-9-16(26-24-17)11-23-19(20-3)22-10-15-6-7-21-18(8-15)25-12-14-4-5-14;/h6-9,13-14H,4-5,10-12H2,1-3H3,(H2,20,22,23);1H. The molecule has 1 aliphatic carbocycles. The van der Waals surface area contributed by atoms with Gasteiger partial charge in [-0.25, -0.2) is 4.98 Å². The van der Waals surface area contributed by atoms with E-state index in [9.17, 15) is 0 Å². The van der Waals surface area contributed by atoms with Gasteiger partial charge in [-0.05, 0) is 36.3 Å². The fourth-order valence-corrected chi connectivity index (χ4v) is 2.39. The van der Waals surface area contributed by atoms with Crippen LogP contribution < -0.4 is 15.4 Å². The smallest absolute Gasteiger partial charge is 0.213 e. The van der Waals surface area contributed by atoms with Gasteiger partial charge in [0.2, 0.25) is 5.88 Å². The van der Waals surface area contributed by atoms with E-state index < -0.39 is 0 Å². The Morgan fingerprint density at radius 3 is 2.74 bits per heavy atom. The van der Waals surface area contributed by atoms with Crippen LogP contribution in [0.2, 0.25) is 0 Å². The lowest BCUT2D eigenvalue weighted by molar-refractivity contribution is 0.288. The molecule has 1 fully saturated rings. The summed E-state index contributed by atoms with van der Waals surface area (Å²) >= 11 is 0. The second kappa shape index (κ2) is 10.5. The van der Waals surface area contributed by atoms with E-state index in [0.29, 0.717) is 36.8 Å². The van der Waals surface area contributed by atoms with E-state index in [1.165, 1.54) is 12.8 Å². The molecule has 1 aliphatic rings. The second-order valence-electron chi connectivity index (χ2n) is 6.91. The molecule has 0 spiro atoms. The van der Waals surface area contributed by atoms with E-state index in [4.69, 9.17) is 9.26 Å². The summed E-state index contributed by atoms with van der Waals surface area (Å²) in [5, 5.41) is 10.6. The summed E-state index contributed by atoms with van der Waals surface area (Å²) in [6.07, 6.45) is 4.32. The van der Waals surface area contributed by atoms with Crippen LogP contribution in [0.15, 0.2) is 33.9 Å². The van der Waals surface area contributed by atoms with Crippen molar-refractivity contribution >= 4 is 29.9 Å². The maximum Gasteiger partial charge on any atom is 0.213 e. The number of rotatable bonds is 8. The third-order valence-electron chi connectivity index (χ3n) is 4.25. The number of pyridine rings is 1. The molecule has 2 heterocycles. The monoisotopic (exact) mass is 485 g/mol. The Labute approximate surface area is 177 Å². The molecule has 0 atom stereocenters. The molecule has 3 rings (SSSR count). The number of guanidine groups is 1. The lowest BCUT2D eigenvalue weighted by atomic mass is 10.1. The first-order chi connectivity index (χ1) is 12.6. The average molecular weight is 485 g/mol. The molecule has 0 bridgehead atoms. The molecule has 2 N–H and O–H groups in total. The fraction of sp³-hybridized carbons (Fsp3) is 0.526. The van der Waals surface area contributed by atoms with E-state index in [-0.39, 0.29) is 24.0 Å². The summed E-state index contributed by atoms with van der Waals surface area (Å²) in [5.74, 6) is 3.24. The SMILES string of the molecule is CN=C(NCc1ccnc(OCC2CC2)c1)NCc1cc(C(C)C)no1.I. The molecule has 0 saturated heterocycles. The first kappa shape index (κ1) is 21.5. The highest BCUT2D eigenvalue weighted by molar-refractivity contribution is 14.0. The van der Waals surface area contributed by atoms with E-state index in [0.717, 1.165) is 23.6 Å². The molecule has 8 heteroatoms. The lowest BCUT2D eigenvalue weighted by Crippen LogP contribution is -2.36. The van der Waals surface area contributed by atoms with Crippen molar-refractivity contribution in [3.8, 4) is 5.88 Å². The number of nitrogens with zero attached hydrogens (tertiary/aromatic N) is 3. The molecule has 27 heavy (non-hydrogen) atoms. The molecule has 0 radical (unpaired) electrons. The first-order valence-electron chi connectivity index (χ1n) is 9.11. The molecule has 0 unspecified atom stereocenters. The highest BCUT2D eigenvalue weighted by atomic mass is 127. The number of nitrogens with one attached hydrogen (secondary N) is 2. The number of aromatic nitrogens is 2. The van der Waals surface area contributed by atoms with Gasteiger partial charge in [0.1, 0.15) is 0 Å². The van der Waals surface area contributed by atoms with Gasteiger partial charge in [-0.1, -0.05) is 19.0 Å². The Bertz CT molecular complexity index is 743. The van der Waals surface area contributed by atoms with Crippen molar-refractivity contribution in [1.82, 2.24) is 20.8 Å². The number of hydrogen-bond acceptors (Lipinski definition) is 5. The van der Waals surface area contributed by atoms with Gasteiger partial charge in [-0.3, -0.25) is 4.99 Å². The highest BCUT2D eigenvalue weighted by Crippen LogP contribution is 2.29. The minimum atomic E-state index is 0. The van der Waals surface area contributed by atoms with Gasteiger partial charge in [0.15, 0.2) is 11.7 Å². The minimum absolute atomic E-state index is 0. The topological polar surface area (TPSA) is 84.6 Å². The van der Waals surface area contributed by atoms with Gasteiger partial charge in [0, 0.05) is 31.9 Å². The fourth-order valence-electron chi connectivity index (χ4n) is 2.39. The lowest BCUT2D eigenvalue weighted by Gasteiger charge is -2.11. The molecule has 0 amide bonds. The quantitative estimate of drug-likeness (QED) is 0.339.